The zero-order valence-corrected chi connectivity index (χ0v) is 18.6. The van der Waals surface area contributed by atoms with E-state index >= 15 is 0 Å². The fourth-order valence-electron chi connectivity index (χ4n) is 4.09. The van der Waals surface area contributed by atoms with Gasteiger partial charge in [0.1, 0.15) is 0 Å². The van der Waals surface area contributed by atoms with Gasteiger partial charge in [0.15, 0.2) is 0 Å². The lowest BCUT2D eigenvalue weighted by molar-refractivity contribution is -0.132. The third kappa shape index (κ3) is 4.50. The number of fused-ring (bicyclic) bond motifs is 1. The molecule has 5 rings (SSSR count). The van der Waals surface area contributed by atoms with Crippen molar-refractivity contribution < 1.29 is 4.79 Å². The van der Waals surface area contributed by atoms with Crippen LogP contribution in [0.25, 0.3) is 15.9 Å². The Morgan fingerprint density at radius 2 is 1.94 bits per heavy atom. The highest BCUT2D eigenvalue weighted by Crippen LogP contribution is 2.34. The zero-order chi connectivity index (χ0) is 21.2. The second-order valence-electron chi connectivity index (χ2n) is 7.95. The van der Waals surface area contributed by atoms with Crippen LogP contribution in [-0.2, 0) is 11.2 Å². The van der Waals surface area contributed by atoms with Gasteiger partial charge in [0.05, 0.1) is 27.1 Å². The number of para-hydroxylation sites is 1. The summed E-state index contributed by atoms with van der Waals surface area (Å²) in [6.07, 6.45) is 7.02. The minimum Gasteiger partial charge on any atom is -0.343 e. The minimum absolute atomic E-state index is 0.224. The second kappa shape index (κ2) is 8.81. The third-order valence-electron chi connectivity index (χ3n) is 5.85. The van der Waals surface area contributed by atoms with Crippen molar-refractivity contribution in [2.75, 3.05) is 13.1 Å². The molecule has 1 amide bonds. The molecule has 0 spiro atoms. The van der Waals surface area contributed by atoms with Crippen molar-refractivity contribution in [2.24, 2.45) is 0 Å². The van der Waals surface area contributed by atoms with Gasteiger partial charge in [0.2, 0.25) is 5.91 Å². The lowest BCUT2D eigenvalue weighted by Crippen LogP contribution is -2.38. The fourth-order valence-corrected chi connectivity index (χ4v) is 5.37. The molecule has 2 aromatic heterocycles. The summed E-state index contributed by atoms with van der Waals surface area (Å²) in [5.74, 6) is 0.645. The Kier molecular flexibility index (Phi) is 5.74. The number of amides is 1. The molecule has 1 saturated heterocycles. The van der Waals surface area contributed by atoms with Gasteiger partial charge in [-0.2, -0.15) is 5.10 Å². The van der Waals surface area contributed by atoms with E-state index in [9.17, 15) is 4.79 Å². The quantitative estimate of drug-likeness (QED) is 0.405. The first-order chi connectivity index (χ1) is 15.2. The van der Waals surface area contributed by atoms with E-state index in [4.69, 9.17) is 16.6 Å². The molecule has 0 bridgehead atoms. The normalized spacial score (nSPS) is 14.9. The van der Waals surface area contributed by atoms with E-state index in [-0.39, 0.29) is 5.91 Å². The van der Waals surface area contributed by atoms with Gasteiger partial charge in [0, 0.05) is 36.6 Å². The summed E-state index contributed by atoms with van der Waals surface area (Å²) in [5, 5.41) is 6.31. The van der Waals surface area contributed by atoms with Crippen molar-refractivity contribution in [1.29, 1.82) is 0 Å². The molecular weight excluding hydrogens is 428 g/mol. The van der Waals surface area contributed by atoms with Gasteiger partial charge in [-0.15, -0.1) is 11.3 Å². The largest absolute Gasteiger partial charge is 0.343 e. The van der Waals surface area contributed by atoms with Gasteiger partial charge in [-0.1, -0.05) is 29.8 Å². The van der Waals surface area contributed by atoms with Crippen molar-refractivity contribution in [1.82, 2.24) is 19.7 Å². The first-order valence-electron chi connectivity index (χ1n) is 10.6. The monoisotopic (exact) mass is 450 g/mol. The molecule has 7 heteroatoms. The molecule has 0 aliphatic carbocycles. The maximum Gasteiger partial charge on any atom is 0.222 e. The molecule has 1 aliphatic rings. The summed E-state index contributed by atoms with van der Waals surface area (Å²) in [6.45, 7) is 1.59. The van der Waals surface area contributed by atoms with Crippen LogP contribution < -0.4 is 0 Å². The highest BCUT2D eigenvalue weighted by molar-refractivity contribution is 7.18. The maximum absolute atomic E-state index is 12.7. The number of rotatable bonds is 5. The molecule has 0 N–H and O–H groups in total. The first kappa shape index (κ1) is 20.2. The number of thiazole rings is 1. The topological polar surface area (TPSA) is 51.0 Å². The molecule has 0 unspecified atom stereocenters. The number of aryl methyl sites for hydroxylation is 1. The lowest BCUT2D eigenvalue weighted by Gasteiger charge is -2.31. The van der Waals surface area contributed by atoms with Crippen molar-refractivity contribution >= 4 is 39.1 Å². The zero-order valence-electron chi connectivity index (χ0n) is 17.1. The van der Waals surface area contributed by atoms with Crippen LogP contribution in [0.15, 0.2) is 60.9 Å². The van der Waals surface area contributed by atoms with E-state index in [0.29, 0.717) is 18.8 Å². The van der Waals surface area contributed by atoms with Crippen molar-refractivity contribution in [3.8, 4) is 5.69 Å². The Hall–Kier alpha value is -2.70. The number of aromatic nitrogens is 3. The molecule has 158 valence electrons. The predicted octanol–water partition coefficient (Wildman–Crippen LogP) is 5.47. The number of benzene rings is 2. The van der Waals surface area contributed by atoms with Crippen LogP contribution >= 0.6 is 22.9 Å². The number of hydrogen-bond donors (Lipinski definition) is 0. The lowest BCUT2D eigenvalue weighted by atomic mass is 9.97. The van der Waals surface area contributed by atoms with Crippen LogP contribution in [-0.4, -0.2) is 38.7 Å². The van der Waals surface area contributed by atoms with Crippen LogP contribution in [0.1, 0.15) is 35.8 Å². The number of hydrogen-bond acceptors (Lipinski definition) is 4. The van der Waals surface area contributed by atoms with E-state index in [0.717, 1.165) is 52.7 Å². The number of nitrogens with zero attached hydrogens (tertiary/aromatic N) is 4. The molecule has 31 heavy (non-hydrogen) atoms. The molecule has 4 aromatic rings. The number of likely N-dealkylation sites (tertiary alicyclic amines) is 1. The summed E-state index contributed by atoms with van der Waals surface area (Å²) >= 11 is 7.84. The highest BCUT2D eigenvalue weighted by Gasteiger charge is 2.25. The Labute approximate surface area is 190 Å². The van der Waals surface area contributed by atoms with E-state index in [2.05, 4.69) is 5.10 Å². The SMILES string of the molecule is O=C(CCc1cnn(-c2ccccc2)c1)N1CCC(c2nc3cc(Cl)ccc3s2)CC1. The number of carbonyl (C=O) groups excluding carboxylic acids is 1. The predicted molar refractivity (Wildman–Crippen MR) is 125 cm³/mol. The van der Waals surface area contributed by atoms with Crippen molar-refractivity contribution in [3.63, 3.8) is 0 Å². The number of halogens is 1. The smallest absolute Gasteiger partial charge is 0.222 e. The summed E-state index contributed by atoms with van der Waals surface area (Å²) in [6, 6.07) is 15.9. The standard InChI is InChI=1S/C24H23ClN4OS/c25-19-7-8-22-21(14-19)27-24(31-22)18-10-12-28(13-11-18)23(30)9-6-17-15-26-29(16-17)20-4-2-1-3-5-20/h1-5,7-8,14-16,18H,6,9-13H2. The van der Waals surface area contributed by atoms with Crippen molar-refractivity contribution in [2.45, 2.75) is 31.6 Å². The van der Waals surface area contributed by atoms with E-state index in [1.54, 1.807) is 11.3 Å². The third-order valence-corrected chi connectivity index (χ3v) is 7.28. The first-order valence-corrected chi connectivity index (χ1v) is 11.8. The fraction of sp³-hybridized carbons (Fsp3) is 0.292. The summed E-state index contributed by atoms with van der Waals surface area (Å²) < 4.78 is 3.03. The van der Waals surface area contributed by atoms with Crippen LogP contribution in [0.4, 0.5) is 0 Å². The van der Waals surface area contributed by atoms with Gasteiger partial charge in [0.25, 0.3) is 0 Å². The van der Waals surface area contributed by atoms with Crippen LogP contribution in [0, 0.1) is 0 Å². The molecule has 0 atom stereocenters. The van der Waals surface area contributed by atoms with E-state index in [1.165, 1.54) is 4.70 Å². The summed E-state index contributed by atoms with van der Waals surface area (Å²) in [7, 11) is 0. The molecule has 1 fully saturated rings. The van der Waals surface area contributed by atoms with Crippen LogP contribution in [0.2, 0.25) is 5.02 Å². The molecule has 0 saturated carbocycles. The van der Waals surface area contributed by atoms with Gasteiger partial charge < -0.3 is 4.90 Å². The van der Waals surface area contributed by atoms with Gasteiger partial charge in [-0.25, -0.2) is 9.67 Å². The summed E-state index contributed by atoms with van der Waals surface area (Å²) in [5.41, 5.74) is 3.08. The summed E-state index contributed by atoms with van der Waals surface area (Å²) in [4.78, 5) is 19.5. The molecule has 0 radical (unpaired) electrons. The Bertz CT molecular complexity index is 1190. The Morgan fingerprint density at radius 3 is 2.74 bits per heavy atom. The molecule has 3 heterocycles. The Balaban J connectivity index is 1.14. The minimum atomic E-state index is 0.224. The van der Waals surface area contributed by atoms with Crippen molar-refractivity contribution in [3.05, 3.63) is 76.5 Å². The van der Waals surface area contributed by atoms with Crippen LogP contribution in [0.5, 0.6) is 0 Å². The van der Waals surface area contributed by atoms with E-state index < -0.39 is 0 Å². The van der Waals surface area contributed by atoms with Gasteiger partial charge in [-0.05, 0) is 55.2 Å². The number of carbonyl (C=O) groups is 1. The average Bonchev–Trinajstić information content (AvgIpc) is 3.45. The molecular formula is C24H23ClN4OS. The number of piperidine rings is 1. The average molecular weight is 451 g/mol. The van der Waals surface area contributed by atoms with Crippen LogP contribution in [0.3, 0.4) is 0 Å². The highest BCUT2D eigenvalue weighted by atomic mass is 35.5. The molecule has 1 aliphatic heterocycles. The van der Waals surface area contributed by atoms with Gasteiger partial charge in [-0.3, -0.25) is 4.79 Å². The maximum atomic E-state index is 12.7. The van der Waals surface area contributed by atoms with Gasteiger partial charge >= 0.3 is 0 Å². The molecule has 5 nitrogen and oxygen atoms in total. The molecule has 2 aromatic carbocycles. The van der Waals surface area contributed by atoms with E-state index in [1.807, 2.05) is 70.5 Å². The Morgan fingerprint density at radius 1 is 1.13 bits per heavy atom. The second-order valence-corrected chi connectivity index (χ2v) is 9.45.